The Morgan fingerprint density at radius 1 is 0.941 bits per heavy atom. The second-order valence-electron chi connectivity index (χ2n) is 9.06. The quantitative estimate of drug-likeness (QED) is 0.373. The molecular weight excluding hydrogens is 435 g/mol. The summed E-state index contributed by atoms with van der Waals surface area (Å²) in [5.74, 6) is -0.385. The van der Waals surface area contributed by atoms with E-state index in [0.29, 0.717) is 22.4 Å². The topological polar surface area (TPSA) is 115 Å². The van der Waals surface area contributed by atoms with Crippen LogP contribution in [-0.4, -0.2) is 25.0 Å². The number of hydrogen-bond acceptors (Lipinski definition) is 4. The highest BCUT2D eigenvalue weighted by molar-refractivity contribution is 5.51. The molecular formula is C26H25FN4O3. The van der Waals surface area contributed by atoms with Gasteiger partial charge in [-0.25, -0.2) is 9.37 Å². The normalized spacial score (nSPS) is 13.9. The SMILES string of the molecule is CC(C)(C)c1[nH]cnc1/C=c1\[nH]c(=O)/c(=C/c2cccc(C(O)c3ccc(F)cc3)c2)[nH]c1=O. The lowest BCUT2D eigenvalue weighted by atomic mass is 9.90. The molecule has 0 radical (unpaired) electrons. The van der Waals surface area contributed by atoms with Crippen molar-refractivity contribution in [1.29, 1.82) is 0 Å². The summed E-state index contributed by atoms with van der Waals surface area (Å²) in [5.41, 5.74) is 1.99. The highest BCUT2D eigenvalue weighted by atomic mass is 19.1. The third-order valence-corrected chi connectivity index (χ3v) is 5.41. The van der Waals surface area contributed by atoms with Crippen LogP contribution in [0.1, 0.15) is 55.0 Å². The van der Waals surface area contributed by atoms with Gasteiger partial charge in [0.1, 0.15) is 22.6 Å². The first-order valence-electron chi connectivity index (χ1n) is 10.8. The van der Waals surface area contributed by atoms with Crippen LogP contribution in [-0.2, 0) is 5.41 Å². The number of rotatable bonds is 4. The number of benzene rings is 2. The Balaban J connectivity index is 1.72. The average Bonchev–Trinajstić information content (AvgIpc) is 3.26. The average molecular weight is 461 g/mol. The maximum atomic E-state index is 13.2. The van der Waals surface area contributed by atoms with Crippen molar-refractivity contribution in [2.75, 3.05) is 0 Å². The van der Waals surface area contributed by atoms with Crippen LogP contribution in [0.25, 0.3) is 12.2 Å². The molecule has 0 fully saturated rings. The first-order valence-corrected chi connectivity index (χ1v) is 10.8. The van der Waals surface area contributed by atoms with Crippen molar-refractivity contribution in [2.45, 2.75) is 32.3 Å². The molecule has 0 aliphatic heterocycles. The summed E-state index contributed by atoms with van der Waals surface area (Å²) in [7, 11) is 0. The molecule has 0 bridgehead atoms. The van der Waals surface area contributed by atoms with Crippen LogP contribution < -0.4 is 21.8 Å². The van der Waals surface area contributed by atoms with E-state index in [2.05, 4.69) is 19.9 Å². The Hall–Kier alpha value is -4.04. The van der Waals surface area contributed by atoms with Crippen molar-refractivity contribution in [3.63, 3.8) is 0 Å². The van der Waals surface area contributed by atoms with Crippen molar-refractivity contribution in [3.8, 4) is 0 Å². The number of halogens is 1. The largest absolute Gasteiger partial charge is 0.384 e. The number of nitrogens with one attached hydrogen (secondary N) is 3. The Kier molecular flexibility index (Phi) is 6.17. The van der Waals surface area contributed by atoms with E-state index in [1.807, 2.05) is 20.8 Å². The lowest BCUT2D eigenvalue weighted by Crippen LogP contribution is -2.46. The van der Waals surface area contributed by atoms with Gasteiger partial charge >= 0.3 is 0 Å². The third-order valence-electron chi connectivity index (χ3n) is 5.41. The maximum absolute atomic E-state index is 13.2. The number of imidazole rings is 1. The standard InChI is InChI=1S/C26H25FN4O3/c1-26(2,3)23-19(28-14-29-23)13-21-25(34)30-20(24(33)31-21)12-15-5-4-6-17(11-15)22(32)16-7-9-18(27)10-8-16/h4-14,22,32H,1-3H3,(H,28,29)(H,30,34)(H,31,33)/b20-12-,21-13-. The molecule has 0 aliphatic rings. The summed E-state index contributed by atoms with van der Waals surface area (Å²) >= 11 is 0. The highest BCUT2D eigenvalue weighted by Crippen LogP contribution is 2.24. The number of aromatic amines is 3. The van der Waals surface area contributed by atoms with Crippen molar-refractivity contribution in [2.24, 2.45) is 0 Å². The number of hydrogen-bond donors (Lipinski definition) is 4. The molecule has 34 heavy (non-hydrogen) atoms. The van der Waals surface area contributed by atoms with E-state index < -0.39 is 17.2 Å². The van der Waals surface area contributed by atoms with Crippen LogP contribution in [0.3, 0.4) is 0 Å². The molecule has 1 unspecified atom stereocenters. The van der Waals surface area contributed by atoms with Crippen molar-refractivity contribution >= 4 is 12.2 Å². The molecule has 4 rings (SSSR count). The van der Waals surface area contributed by atoms with Crippen molar-refractivity contribution in [3.05, 3.63) is 120 Å². The Bertz CT molecular complexity index is 1560. The smallest absolute Gasteiger partial charge is 0.272 e. The van der Waals surface area contributed by atoms with E-state index in [9.17, 15) is 19.1 Å². The molecule has 2 aromatic carbocycles. The van der Waals surface area contributed by atoms with Gasteiger partial charge in [0, 0.05) is 11.1 Å². The Morgan fingerprint density at radius 2 is 1.59 bits per heavy atom. The molecule has 0 saturated heterocycles. The number of aliphatic hydroxyl groups excluding tert-OH is 1. The fraction of sp³-hybridized carbons (Fsp3) is 0.192. The summed E-state index contributed by atoms with van der Waals surface area (Å²) in [5, 5.41) is 10.8. The number of aliphatic hydroxyl groups is 1. The minimum absolute atomic E-state index is 0.0774. The molecule has 4 N–H and O–H groups in total. The zero-order valence-electron chi connectivity index (χ0n) is 19.0. The summed E-state index contributed by atoms with van der Waals surface area (Å²) in [4.78, 5) is 37.9. The van der Waals surface area contributed by atoms with Crippen LogP contribution >= 0.6 is 0 Å². The highest BCUT2D eigenvalue weighted by Gasteiger charge is 2.19. The van der Waals surface area contributed by atoms with E-state index in [1.54, 1.807) is 36.7 Å². The van der Waals surface area contributed by atoms with Crippen LogP contribution in [0.15, 0.2) is 64.4 Å². The Labute approximate surface area is 194 Å². The first-order chi connectivity index (χ1) is 16.1. The first kappa shape index (κ1) is 23.1. The molecule has 8 heteroatoms. The third kappa shape index (κ3) is 4.97. The van der Waals surface area contributed by atoms with Gasteiger partial charge < -0.3 is 20.1 Å². The van der Waals surface area contributed by atoms with Crippen LogP contribution in [0, 0.1) is 5.82 Å². The molecule has 4 aromatic rings. The second kappa shape index (κ2) is 9.07. The lowest BCUT2D eigenvalue weighted by Gasteiger charge is -2.16. The van der Waals surface area contributed by atoms with Gasteiger partial charge in [0.2, 0.25) is 0 Å². The van der Waals surface area contributed by atoms with E-state index in [-0.39, 0.29) is 21.9 Å². The monoisotopic (exact) mass is 460 g/mol. The van der Waals surface area contributed by atoms with Gasteiger partial charge in [-0.1, -0.05) is 51.1 Å². The molecule has 174 valence electrons. The van der Waals surface area contributed by atoms with Gasteiger partial charge in [0.05, 0.1) is 12.0 Å². The summed E-state index contributed by atoms with van der Waals surface area (Å²) in [6, 6.07) is 12.5. The lowest BCUT2D eigenvalue weighted by molar-refractivity contribution is 0.220. The molecule has 0 spiro atoms. The zero-order chi connectivity index (χ0) is 24.5. The second-order valence-corrected chi connectivity index (χ2v) is 9.06. The minimum Gasteiger partial charge on any atom is -0.384 e. The minimum atomic E-state index is -0.964. The molecule has 2 heterocycles. The fourth-order valence-corrected chi connectivity index (χ4v) is 3.67. The van der Waals surface area contributed by atoms with Crippen molar-refractivity contribution < 1.29 is 9.50 Å². The van der Waals surface area contributed by atoms with Gasteiger partial charge in [0.25, 0.3) is 11.1 Å². The van der Waals surface area contributed by atoms with E-state index >= 15 is 0 Å². The van der Waals surface area contributed by atoms with Gasteiger partial charge in [-0.3, -0.25) is 9.59 Å². The van der Waals surface area contributed by atoms with Crippen molar-refractivity contribution in [1.82, 2.24) is 19.9 Å². The summed E-state index contributed by atoms with van der Waals surface area (Å²) < 4.78 is 13.2. The molecule has 7 nitrogen and oxygen atoms in total. The zero-order valence-corrected chi connectivity index (χ0v) is 19.0. The molecule has 0 saturated carbocycles. The number of H-pyrrole nitrogens is 3. The summed E-state index contributed by atoms with van der Waals surface area (Å²) in [6.07, 6.45) is 3.66. The van der Waals surface area contributed by atoms with E-state index in [0.717, 1.165) is 5.69 Å². The van der Waals surface area contributed by atoms with Gasteiger partial charge in [-0.15, -0.1) is 0 Å². The van der Waals surface area contributed by atoms with E-state index in [1.165, 1.54) is 30.3 Å². The molecule has 0 amide bonds. The van der Waals surface area contributed by atoms with Crippen LogP contribution in [0.2, 0.25) is 0 Å². The number of nitrogens with zero attached hydrogens (tertiary/aromatic N) is 1. The fourth-order valence-electron chi connectivity index (χ4n) is 3.67. The molecule has 2 aromatic heterocycles. The van der Waals surface area contributed by atoms with Crippen LogP contribution in [0.4, 0.5) is 4.39 Å². The van der Waals surface area contributed by atoms with Crippen LogP contribution in [0.5, 0.6) is 0 Å². The molecule has 0 aliphatic carbocycles. The predicted octanol–water partition coefficient (Wildman–Crippen LogP) is 1.96. The van der Waals surface area contributed by atoms with Gasteiger partial charge in [-0.05, 0) is 47.0 Å². The maximum Gasteiger partial charge on any atom is 0.272 e. The summed E-state index contributed by atoms with van der Waals surface area (Å²) in [6.45, 7) is 6.05. The van der Waals surface area contributed by atoms with Gasteiger partial charge in [0.15, 0.2) is 0 Å². The number of aromatic nitrogens is 4. The van der Waals surface area contributed by atoms with E-state index in [4.69, 9.17) is 0 Å². The molecule has 1 atom stereocenters. The Morgan fingerprint density at radius 3 is 2.24 bits per heavy atom. The van der Waals surface area contributed by atoms with Gasteiger partial charge in [-0.2, -0.15) is 0 Å². The predicted molar refractivity (Wildman–Crippen MR) is 128 cm³/mol.